The van der Waals surface area contributed by atoms with Crippen molar-refractivity contribution in [1.82, 2.24) is 20.4 Å². The number of likely N-dealkylation sites (N-methyl/N-ethyl adjacent to an activating group) is 3. The summed E-state index contributed by atoms with van der Waals surface area (Å²) in [7, 11) is 3.06. The lowest BCUT2D eigenvalue weighted by Gasteiger charge is -2.24. The van der Waals surface area contributed by atoms with Crippen molar-refractivity contribution in [2.24, 2.45) is 0 Å². The number of carbonyl (C=O) groups excluding carboxylic acids is 3. The van der Waals surface area contributed by atoms with Gasteiger partial charge in [-0.1, -0.05) is 43.6 Å². The van der Waals surface area contributed by atoms with E-state index in [9.17, 15) is 24.0 Å². The Labute approximate surface area is 225 Å². The number of carbonyl (C=O) groups is 5. The van der Waals surface area contributed by atoms with E-state index in [1.165, 1.54) is 23.7 Å². The first kappa shape index (κ1) is 33.9. The number of amides is 1. The van der Waals surface area contributed by atoms with E-state index < -0.39 is 11.9 Å². The van der Waals surface area contributed by atoms with Crippen molar-refractivity contribution < 1.29 is 39.3 Å². The van der Waals surface area contributed by atoms with Gasteiger partial charge in [-0.3, -0.25) is 33.8 Å². The molecule has 12 nitrogen and oxygen atoms in total. The van der Waals surface area contributed by atoms with Crippen LogP contribution in [0.1, 0.15) is 20.3 Å². The molecule has 0 saturated carbocycles. The number of Topliss-reactive ketones (excluding diaryl/α,β-unsaturated/α-hetero) is 2. The molecule has 1 fully saturated rings. The quantitative estimate of drug-likeness (QED) is 0.176. The highest BCUT2D eigenvalue weighted by Crippen LogP contribution is 2.29. The van der Waals surface area contributed by atoms with Crippen LogP contribution in [-0.2, 0) is 24.0 Å². The summed E-state index contributed by atoms with van der Waals surface area (Å²) in [5.41, 5.74) is 0.458. The highest BCUT2D eigenvalue weighted by Gasteiger charge is 2.30. The number of ketones is 2. The molecule has 1 aliphatic carbocycles. The number of carboxylic acids is 2. The largest absolute Gasteiger partial charge is 0.505 e. The summed E-state index contributed by atoms with van der Waals surface area (Å²) in [4.78, 5) is 57.9. The summed E-state index contributed by atoms with van der Waals surface area (Å²) in [6.45, 7) is 7.89. The third-order valence-corrected chi connectivity index (χ3v) is 6.33. The van der Waals surface area contributed by atoms with Gasteiger partial charge in [-0.05, 0) is 13.5 Å². The van der Waals surface area contributed by atoms with Gasteiger partial charge in [0.25, 0.3) is 0 Å². The van der Waals surface area contributed by atoms with Gasteiger partial charge in [-0.2, -0.15) is 0 Å². The van der Waals surface area contributed by atoms with E-state index >= 15 is 0 Å². The topological polar surface area (TPSA) is 177 Å². The summed E-state index contributed by atoms with van der Waals surface area (Å²) in [5.74, 6) is -2.27. The maximum Gasteiger partial charge on any atom is 0.317 e. The fourth-order valence-corrected chi connectivity index (χ4v) is 4.00. The number of carboxylic acid groups (broad SMARTS) is 2. The number of aliphatic hydroxyl groups excluding tert-OH is 1. The fourth-order valence-electron chi connectivity index (χ4n) is 2.85. The van der Waals surface area contributed by atoms with Crippen LogP contribution in [0.2, 0.25) is 0 Å². The van der Waals surface area contributed by atoms with Crippen LogP contribution in [0.5, 0.6) is 0 Å². The van der Waals surface area contributed by atoms with Gasteiger partial charge in [0.05, 0.1) is 40.7 Å². The van der Waals surface area contributed by atoms with Crippen LogP contribution in [0, 0.1) is 0 Å². The second-order valence-corrected chi connectivity index (χ2v) is 9.44. The SMILES string of the molecule is C/C=C1\SC(=S)CC1=O.C=C1C(=O)C(NC)=C1O.CCN(CCN(CC(=O)O)CC(=O)NC)CC(=O)O. The number of aliphatic hydroxyl groups is 1. The van der Waals surface area contributed by atoms with Crippen molar-refractivity contribution in [3.8, 4) is 0 Å². The molecule has 2 aliphatic rings. The van der Waals surface area contributed by atoms with E-state index in [0.717, 1.165) is 9.10 Å². The minimum absolute atomic E-state index is 0.0116. The standard InChI is InChI=1S/C11H21N3O5.C6H7NO2.C6H6OS2/c1-3-13(7-10(16)17)4-5-14(8-11(18)19)6-9(15)12-2;1-3-5(8)4(7-2)6(3)9;1-2-5-4(7)3-6(8)9-5/h3-8H2,1-2H3,(H,12,15)(H,16,17)(H,18,19);7-8H,1H2,2H3;2H,3H2,1H3/b;;5-2-. The molecule has 14 heteroatoms. The van der Waals surface area contributed by atoms with Crippen molar-refractivity contribution in [3.63, 3.8) is 0 Å². The summed E-state index contributed by atoms with van der Waals surface area (Å²) in [6, 6.07) is 0. The predicted octanol–water partition coefficient (Wildman–Crippen LogP) is 0.563. The predicted molar refractivity (Wildman–Crippen MR) is 144 cm³/mol. The van der Waals surface area contributed by atoms with E-state index in [4.69, 9.17) is 27.5 Å². The van der Waals surface area contributed by atoms with Crippen LogP contribution in [-0.4, -0.2) is 112 Å². The van der Waals surface area contributed by atoms with Gasteiger partial charge in [0.2, 0.25) is 11.7 Å². The van der Waals surface area contributed by atoms with Crippen molar-refractivity contribution in [3.05, 3.63) is 34.6 Å². The zero-order valence-corrected chi connectivity index (χ0v) is 23.0. The van der Waals surface area contributed by atoms with Gasteiger partial charge < -0.3 is 26.0 Å². The average molecular weight is 559 g/mol. The molecule has 0 unspecified atom stereocenters. The Hall–Kier alpha value is -3.07. The van der Waals surface area contributed by atoms with Crippen LogP contribution in [0.25, 0.3) is 0 Å². The fraction of sp³-hybridized carbons (Fsp3) is 0.478. The first-order chi connectivity index (χ1) is 17.3. The van der Waals surface area contributed by atoms with Gasteiger partial charge >= 0.3 is 11.9 Å². The monoisotopic (exact) mass is 558 g/mol. The van der Waals surface area contributed by atoms with Crippen molar-refractivity contribution >= 4 is 57.6 Å². The summed E-state index contributed by atoms with van der Waals surface area (Å²) >= 11 is 6.26. The normalized spacial score (nSPS) is 15.7. The summed E-state index contributed by atoms with van der Waals surface area (Å²) < 4.78 is 0.799. The molecule has 1 saturated heterocycles. The Morgan fingerprint density at radius 1 is 1.08 bits per heavy atom. The highest BCUT2D eigenvalue weighted by molar-refractivity contribution is 8.27. The number of aliphatic carboxylic acids is 2. The first-order valence-electron chi connectivity index (χ1n) is 11.1. The molecule has 1 amide bonds. The van der Waals surface area contributed by atoms with Crippen LogP contribution >= 0.6 is 24.0 Å². The van der Waals surface area contributed by atoms with Crippen LogP contribution in [0.4, 0.5) is 0 Å². The van der Waals surface area contributed by atoms with Crippen LogP contribution in [0.3, 0.4) is 0 Å². The van der Waals surface area contributed by atoms with E-state index in [0.29, 0.717) is 26.1 Å². The van der Waals surface area contributed by atoms with E-state index in [-0.39, 0.29) is 54.1 Å². The van der Waals surface area contributed by atoms with E-state index in [1.54, 1.807) is 11.9 Å². The molecule has 206 valence electrons. The third-order valence-electron chi connectivity index (χ3n) is 4.88. The Morgan fingerprint density at radius 3 is 1.95 bits per heavy atom. The molecule has 0 aromatic rings. The number of nitrogens with one attached hydrogen (secondary N) is 2. The van der Waals surface area contributed by atoms with Gasteiger partial charge in [0.1, 0.15) is 5.70 Å². The Balaban J connectivity index is 0.000000591. The second-order valence-electron chi connectivity index (χ2n) is 7.55. The summed E-state index contributed by atoms with van der Waals surface area (Å²) in [5, 5.41) is 31.3. The third kappa shape index (κ3) is 12.6. The van der Waals surface area contributed by atoms with Crippen LogP contribution in [0.15, 0.2) is 34.6 Å². The van der Waals surface area contributed by atoms with Gasteiger partial charge in [0, 0.05) is 27.2 Å². The molecule has 0 spiro atoms. The van der Waals surface area contributed by atoms with E-state index in [2.05, 4.69) is 17.2 Å². The smallest absolute Gasteiger partial charge is 0.317 e. The van der Waals surface area contributed by atoms with Crippen molar-refractivity contribution in [1.29, 1.82) is 0 Å². The minimum Gasteiger partial charge on any atom is -0.505 e. The molecule has 0 aromatic heterocycles. The zero-order valence-electron chi connectivity index (χ0n) is 21.3. The number of thiocarbonyl (C=S) groups is 1. The Morgan fingerprint density at radius 2 is 1.62 bits per heavy atom. The van der Waals surface area contributed by atoms with Crippen molar-refractivity contribution in [2.45, 2.75) is 20.3 Å². The lowest BCUT2D eigenvalue weighted by atomic mass is 9.96. The lowest BCUT2D eigenvalue weighted by molar-refractivity contribution is -0.140. The number of allylic oxidation sites excluding steroid dienone is 4. The number of nitrogens with zero attached hydrogens (tertiary/aromatic N) is 2. The Kier molecular flexibility index (Phi) is 16.0. The molecule has 37 heavy (non-hydrogen) atoms. The molecule has 0 atom stereocenters. The maximum absolute atomic E-state index is 11.2. The molecule has 1 heterocycles. The molecular formula is C23H34N4O8S2. The molecule has 5 N–H and O–H groups in total. The van der Waals surface area contributed by atoms with E-state index in [1.807, 2.05) is 19.9 Å². The highest BCUT2D eigenvalue weighted by atomic mass is 32.2. The van der Waals surface area contributed by atoms with Gasteiger partial charge in [-0.25, -0.2) is 0 Å². The number of thioether (sulfide) groups is 1. The van der Waals surface area contributed by atoms with Crippen molar-refractivity contribution in [2.75, 3.05) is 53.4 Å². The second kappa shape index (κ2) is 17.4. The van der Waals surface area contributed by atoms with Crippen LogP contribution < -0.4 is 10.6 Å². The number of hydrogen-bond donors (Lipinski definition) is 5. The summed E-state index contributed by atoms with van der Waals surface area (Å²) in [6.07, 6.45) is 2.27. The number of hydrogen-bond acceptors (Lipinski definition) is 11. The average Bonchev–Trinajstić information content (AvgIpc) is 3.18. The molecule has 0 aromatic carbocycles. The Bertz CT molecular complexity index is 978. The van der Waals surface area contributed by atoms with Gasteiger partial charge in [-0.15, -0.1) is 0 Å². The zero-order chi connectivity index (χ0) is 28.7. The molecular weight excluding hydrogens is 524 g/mol. The van der Waals surface area contributed by atoms with Gasteiger partial charge in [0.15, 0.2) is 11.5 Å². The lowest BCUT2D eigenvalue weighted by Crippen LogP contribution is -2.43. The number of rotatable bonds is 11. The molecule has 1 aliphatic heterocycles. The minimum atomic E-state index is -1.02. The molecule has 0 bridgehead atoms. The molecule has 2 rings (SSSR count). The first-order valence-corrected chi connectivity index (χ1v) is 12.4. The maximum atomic E-state index is 11.2. The molecule has 0 radical (unpaired) electrons.